The Morgan fingerprint density at radius 1 is 1.10 bits per heavy atom. The van der Waals surface area contributed by atoms with Gasteiger partial charge in [0.05, 0.1) is 25.0 Å². The van der Waals surface area contributed by atoms with E-state index in [2.05, 4.69) is 5.43 Å². The van der Waals surface area contributed by atoms with Crippen LogP contribution in [0.25, 0.3) is 0 Å². The number of carbonyl (C=O) groups is 2. The molecule has 0 spiro atoms. The lowest BCUT2D eigenvalue weighted by molar-refractivity contribution is -0.155. The highest BCUT2D eigenvalue weighted by Gasteiger charge is 2.48. The van der Waals surface area contributed by atoms with Gasteiger partial charge in [-0.2, -0.15) is 0 Å². The van der Waals surface area contributed by atoms with Crippen molar-refractivity contribution >= 4 is 11.9 Å². The number of morpholine rings is 1. The summed E-state index contributed by atoms with van der Waals surface area (Å²) in [6.45, 7) is 2.50. The molecule has 110 valence electrons. The second kappa shape index (κ2) is 5.54. The Bertz CT molecular complexity index is 431. The van der Waals surface area contributed by atoms with Gasteiger partial charge in [0.25, 0.3) is 0 Å². The number of carboxylic acid groups (broad SMARTS) is 1. The van der Waals surface area contributed by atoms with Gasteiger partial charge < -0.3 is 9.84 Å². The fraction of sp³-hybridized carbons (Fsp3) is 0.714. The lowest BCUT2D eigenvalue weighted by Gasteiger charge is -2.42. The third kappa shape index (κ3) is 2.45. The van der Waals surface area contributed by atoms with Crippen LogP contribution in [0, 0.1) is 23.7 Å². The number of ether oxygens (including phenoxy) is 1. The number of hydrazine groups is 1. The minimum atomic E-state index is -0.855. The number of fused-ring (bicyclic) bond motifs is 2. The lowest BCUT2D eigenvalue weighted by Crippen LogP contribution is -2.55. The van der Waals surface area contributed by atoms with Crippen LogP contribution < -0.4 is 5.43 Å². The molecule has 1 heterocycles. The maximum absolute atomic E-state index is 12.5. The molecule has 2 fully saturated rings. The minimum absolute atomic E-state index is 0.00191. The average Bonchev–Trinajstić information content (AvgIpc) is 2.48. The quantitative estimate of drug-likeness (QED) is 0.725. The highest BCUT2D eigenvalue weighted by Crippen LogP contribution is 2.45. The molecular formula is C14H20N2O4. The third-order valence-electron chi connectivity index (χ3n) is 4.62. The van der Waals surface area contributed by atoms with Crippen molar-refractivity contribution in [1.82, 2.24) is 10.4 Å². The van der Waals surface area contributed by atoms with E-state index in [1.807, 2.05) is 17.2 Å². The fourth-order valence-corrected chi connectivity index (χ4v) is 3.59. The summed E-state index contributed by atoms with van der Waals surface area (Å²) in [5, 5.41) is 11.3. The first-order valence-electron chi connectivity index (χ1n) is 7.21. The van der Waals surface area contributed by atoms with Crippen molar-refractivity contribution in [3.8, 4) is 0 Å². The molecule has 2 N–H and O–H groups in total. The zero-order valence-corrected chi connectivity index (χ0v) is 11.3. The van der Waals surface area contributed by atoms with E-state index in [9.17, 15) is 14.7 Å². The van der Waals surface area contributed by atoms with E-state index in [0.717, 1.165) is 12.8 Å². The zero-order chi connectivity index (χ0) is 14.1. The van der Waals surface area contributed by atoms with Crippen molar-refractivity contribution in [2.45, 2.75) is 12.8 Å². The van der Waals surface area contributed by atoms with Gasteiger partial charge in [-0.3, -0.25) is 15.0 Å². The Morgan fingerprint density at radius 2 is 1.70 bits per heavy atom. The molecule has 3 aliphatic carbocycles. The molecular weight excluding hydrogens is 260 g/mol. The number of aliphatic carboxylic acids is 1. The first-order valence-corrected chi connectivity index (χ1v) is 7.21. The van der Waals surface area contributed by atoms with Gasteiger partial charge in [0.1, 0.15) is 0 Å². The van der Waals surface area contributed by atoms with E-state index in [4.69, 9.17) is 4.74 Å². The highest BCUT2D eigenvalue weighted by molar-refractivity contribution is 5.86. The summed E-state index contributed by atoms with van der Waals surface area (Å²) in [7, 11) is 0. The van der Waals surface area contributed by atoms with Crippen LogP contribution in [-0.2, 0) is 14.3 Å². The minimum Gasteiger partial charge on any atom is -0.481 e. The number of carboxylic acids is 1. The standard InChI is InChI=1S/C14H20N2O4/c17-13(15-16-5-7-20-8-6-16)11-9-1-3-10(4-2-9)12(11)14(18)19/h1,3,9-12H,2,4-8H2,(H,15,17)(H,18,19)/t9-,10+,11+,12-/m1/s1. The first-order chi connectivity index (χ1) is 9.66. The molecule has 4 aliphatic rings. The molecule has 4 atom stereocenters. The number of rotatable bonds is 3. The maximum atomic E-state index is 12.5. The van der Waals surface area contributed by atoms with E-state index in [-0.39, 0.29) is 17.7 Å². The van der Waals surface area contributed by atoms with Crippen molar-refractivity contribution in [1.29, 1.82) is 0 Å². The SMILES string of the molecule is O=C(NN1CCOCC1)[C@@H]1[C@H](C(=O)O)[C@H]2C=C[C@@H]1CC2. The highest BCUT2D eigenvalue weighted by atomic mass is 16.5. The second-order valence-electron chi connectivity index (χ2n) is 5.76. The predicted octanol–water partition coefficient (Wildman–Crippen LogP) is 0.263. The third-order valence-corrected chi connectivity index (χ3v) is 4.62. The Morgan fingerprint density at radius 3 is 2.25 bits per heavy atom. The van der Waals surface area contributed by atoms with Crippen LogP contribution in [-0.4, -0.2) is 48.3 Å². The topological polar surface area (TPSA) is 78.9 Å². The summed E-state index contributed by atoms with van der Waals surface area (Å²) in [5.41, 5.74) is 2.88. The predicted molar refractivity (Wildman–Crippen MR) is 70.5 cm³/mol. The van der Waals surface area contributed by atoms with Gasteiger partial charge >= 0.3 is 5.97 Å². The number of hydrogen-bond donors (Lipinski definition) is 2. The van der Waals surface area contributed by atoms with Crippen LogP contribution in [0.15, 0.2) is 12.2 Å². The van der Waals surface area contributed by atoms with Crippen LogP contribution in [0.2, 0.25) is 0 Å². The molecule has 4 rings (SSSR count). The molecule has 0 aromatic carbocycles. The first kappa shape index (κ1) is 13.6. The molecule has 1 amide bonds. The number of carbonyl (C=O) groups excluding carboxylic acids is 1. The normalized spacial score (nSPS) is 36.8. The molecule has 0 radical (unpaired) electrons. The Hall–Kier alpha value is -1.40. The van der Waals surface area contributed by atoms with Gasteiger partial charge in [0, 0.05) is 13.1 Å². The molecule has 0 unspecified atom stereocenters. The van der Waals surface area contributed by atoms with E-state index < -0.39 is 17.8 Å². The maximum Gasteiger partial charge on any atom is 0.307 e. The number of allylic oxidation sites excluding steroid dienone is 2. The van der Waals surface area contributed by atoms with E-state index in [1.165, 1.54) is 0 Å². The monoisotopic (exact) mass is 280 g/mol. The van der Waals surface area contributed by atoms with Crippen LogP contribution in [0.3, 0.4) is 0 Å². The average molecular weight is 280 g/mol. The van der Waals surface area contributed by atoms with Crippen molar-refractivity contribution in [2.75, 3.05) is 26.3 Å². The smallest absolute Gasteiger partial charge is 0.307 e. The summed E-state index contributed by atoms with van der Waals surface area (Å²) >= 11 is 0. The van der Waals surface area contributed by atoms with Crippen molar-refractivity contribution in [3.63, 3.8) is 0 Å². The summed E-state index contributed by atoms with van der Waals surface area (Å²) in [6, 6.07) is 0. The molecule has 1 aliphatic heterocycles. The van der Waals surface area contributed by atoms with Crippen molar-refractivity contribution in [3.05, 3.63) is 12.2 Å². The number of hydrogen-bond acceptors (Lipinski definition) is 4. The Balaban J connectivity index is 1.71. The number of nitrogens with one attached hydrogen (secondary N) is 1. The van der Waals surface area contributed by atoms with E-state index in [1.54, 1.807) is 0 Å². The van der Waals surface area contributed by atoms with Crippen LogP contribution in [0.1, 0.15) is 12.8 Å². The molecule has 1 saturated carbocycles. The summed E-state index contributed by atoms with van der Waals surface area (Å²) in [4.78, 5) is 24.0. The summed E-state index contributed by atoms with van der Waals surface area (Å²) in [6.07, 6.45) is 5.79. The van der Waals surface area contributed by atoms with Gasteiger partial charge in [-0.05, 0) is 24.7 Å². The molecule has 2 bridgehead atoms. The van der Waals surface area contributed by atoms with Crippen molar-refractivity contribution < 1.29 is 19.4 Å². The molecule has 1 saturated heterocycles. The van der Waals surface area contributed by atoms with Crippen LogP contribution in [0.5, 0.6) is 0 Å². The van der Waals surface area contributed by atoms with Gasteiger partial charge in [-0.25, -0.2) is 5.01 Å². The Labute approximate surface area is 117 Å². The molecule has 6 nitrogen and oxygen atoms in total. The summed E-state index contributed by atoms with van der Waals surface area (Å²) in [5.74, 6) is -1.98. The fourth-order valence-electron chi connectivity index (χ4n) is 3.59. The zero-order valence-electron chi connectivity index (χ0n) is 11.3. The molecule has 6 heteroatoms. The van der Waals surface area contributed by atoms with Gasteiger partial charge in [-0.15, -0.1) is 0 Å². The van der Waals surface area contributed by atoms with Gasteiger partial charge in [0.15, 0.2) is 0 Å². The molecule has 20 heavy (non-hydrogen) atoms. The van der Waals surface area contributed by atoms with Crippen LogP contribution >= 0.6 is 0 Å². The van der Waals surface area contributed by atoms with E-state index in [0.29, 0.717) is 26.3 Å². The Kier molecular flexibility index (Phi) is 3.76. The second-order valence-corrected chi connectivity index (χ2v) is 5.76. The number of nitrogens with zero attached hydrogens (tertiary/aromatic N) is 1. The van der Waals surface area contributed by atoms with Crippen molar-refractivity contribution in [2.24, 2.45) is 23.7 Å². The van der Waals surface area contributed by atoms with E-state index >= 15 is 0 Å². The molecule has 0 aromatic heterocycles. The van der Waals surface area contributed by atoms with Gasteiger partial charge in [0.2, 0.25) is 5.91 Å². The largest absolute Gasteiger partial charge is 0.481 e. The van der Waals surface area contributed by atoms with Gasteiger partial charge in [-0.1, -0.05) is 12.2 Å². The summed E-state index contributed by atoms with van der Waals surface area (Å²) < 4.78 is 5.24. The number of amides is 1. The molecule has 0 aromatic rings. The lowest BCUT2D eigenvalue weighted by atomic mass is 9.62. The van der Waals surface area contributed by atoms with Crippen LogP contribution in [0.4, 0.5) is 0 Å².